The van der Waals surface area contributed by atoms with Crippen LogP contribution in [0.15, 0.2) is 40.9 Å². The SMILES string of the molecule is Cc1ccc(-c2nc(CN3CCCC[C@H]3CCc3ccccn3)c(C)o2)s1. The molecule has 0 N–H and O–H groups in total. The minimum atomic E-state index is 0.601. The Labute approximate surface area is 165 Å². The van der Waals surface area contributed by atoms with E-state index in [-0.39, 0.29) is 0 Å². The van der Waals surface area contributed by atoms with Crippen molar-refractivity contribution < 1.29 is 4.42 Å². The maximum absolute atomic E-state index is 5.98. The zero-order valence-corrected chi connectivity index (χ0v) is 17.0. The maximum Gasteiger partial charge on any atom is 0.236 e. The van der Waals surface area contributed by atoms with Crippen molar-refractivity contribution in [3.63, 3.8) is 0 Å². The third kappa shape index (κ3) is 4.47. The lowest BCUT2D eigenvalue weighted by Crippen LogP contribution is -2.39. The summed E-state index contributed by atoms with van der Waals surface area (Å²) < 4.78 is 5.98. The van der Waals surface area contributed by atoms with Gasteiger partial charge in [0.2, 0.25) is 5.89 Å². The van der Waals surface area contributed by atoms with Crippen molar-refractivity contribution in [1.29, 1.82) is 0 Å². The van der Waals surface area contributed by atoms with Gasteiger partial charge in [0, 0.05) is 29.4 Å². The topological polar surface area (TPSA) is 42.2 Å². The number of likely N-dealkylation sites (tertiary alicyclic amines) is 1. The molecule has 1 saturated heterocycles. The van der Waals surface area contributed by atoms with E-state index >= 15 is 0 Å². The fraction of sp³-hybridized carbons (Fsp3) is 0.455. The number of aromatic nitrogens is 2. The van der Waals surface area contributed by atoms with Crippen molar-refractivity contribution in [3.05, 3.63) is 58.6 Å². The van der Waals surface area contributed by atoms with Crippen LogP contribution in [-0.2, 0) is 13.0 Å². The van der Waals surface area contributed by atoms with Crippen molar-refractivity contribution in [3.8, 4) is 10.8 Å². The molecule has 0 bridgehead atoms. The van der Waals surface area contributed by atoms with Crippen LogP contribution in [0.5, 0.6) is 0 Å². The summed E-state index contributed by atoms with van der Waals surface area (Å²) in [5.74, 6) is 1.72. The summed E-state index contributed by atoms with van der Waals surface area (Å²) in [6.45, 7) is 6.18. The van der Waals surface area contributed by atoms with Crippen LogP contribution < -0.4 is 0 Å². The highest BCUT2D eigenvalue weighted by Crippen LogP contribution is 2.30. The Kier molecular flexibility index (Phi) is 5.69. The minimum absolute atomic E-state index is 0.601. The summed E-state index contributed by atoms with van der Waals surface area (Å²) >= 11 is 1.74. The molecule has 0 aliphatic carbocycles. The average molecular weight is 382 g/mol. The van der Waals surface area contributed by atoms with E-state index in [4.69, 9.17) is 9.40 Å². The second-order valence-electron chi connectivity index (χ2n) is 7.41. The Balaban J connectivity index is 1.44. The van der Waals surface area contributed by atoms with Crippen molar-refractivity contribution in [2.75, 3.05) is 6.54 Å². The number of thiophene rings is 1. The third-order valence-electron chi connectivity index (χ3n) is 5.41. The van der Waals surface area contributed by atoms with E-state index in [1.54, 1.807) is 11.3 Å². The van der Waals surface area contributed by atoms with Gasteiger partial charge in [-0.15, -0.1) is 11.3 Å². The first-order chi connectivity index (χ1) is 13.2. The number of pyridine rings is 1. The summed E-state index contributed by atoms with van der Waals surface area (Å²) in [6.07, 6.45) is 7.94. The molecule has 142 valence electrons. The molecule has 0 unspecified atom stereocenters. The van der Waals surface area contributed by atoms with Crippen LogP contribution in [0.1, 0.15) is 47.7 Å². The summed E-state index contributed by atoms with van der Waals surface area (Å²) in [4.78, 5) is 14.3. The highest BCUT2D eigenvalue weighted by molar-refractivity contribution is 7.15. The molecule has 4 rings (SSSR count). The summed E-state index contributed by atoms with van der Waals surface area (Å²) in [6, 6.07) is 11.0. The molecular weight excluding hydrogens is 354 g/mol. The first-order valence-electron chi connectivity index (χ1n) is 9.86. The van der Waals surface area contributed by atoms with E-state index in [1.807, 2.05) is 19.2 Å². The van der Waals surface area contributed by atoms with Crippen molar-refractivity contribution >= 4 is 11.3 Å². The maximum atomic E-state index is 5.98. The molecule has 0 spiro atoms. The van der Waals surface area contributed by atoms with Gasteiger partial charge < -0.3 is 4.42 Å². The van der Waals surface area contributed by atoms with Gasteiger partial charge >= 0.3 is 0 Å². The minimum Gasteiger partial charge on any atom is -0.440 e. The second kappa shape index (κ2) is 8.36. The first-order valence-corrected chi connectivity index (χ1v) is 10.7. The number of nitrogens with zero attached hydrogens (tertiary/aromatic N) is 3. The molecule has 4 nitrogen and oxygen atoms in total. The van der Waals surface area contributed by atoms with Crippen LogP contribution >= 0.6 is 11.3 Å². The van der Waals surface area contributed by atoms with E-state index in [1.165, 1.54) is 29.8 Å². The quantitative estimate of drug-likeness (QED) is 0.573. The molecule has 4 heterocycles. The Hall–Kier alpha value is -1.98. The Bertz CT molecular complexity index is 871. The highest BCUT2D eigenvalue weighted by Gasteiger charge is 2.24. The van der Waals surface area contributed by atoms with Crippen LogP contribution in [0.2, 0.25) is 0 Å². The lowest BCUT2D eigenvalue weighted by molar-refractivity contribution is 0.130. The largest absolute Gasteiger partial charge is 0.440 e. The number of hydrogen-bond acceptors (Lipinski definition) is 5. The van der Waals surface area contributed by atoms with Gasteiger partial charge in [-0.1, -0.05) is 12.5 Å². The lowest BCUT2D eigenvalue weighted by Gasteiger charge is -2.35. The van der Waals surface area contributed by atoms with E-state index in [0.717, 1.165) is 48.2 Å². The predicted molar refractivity (Wildman–Crippen MR) is 110 cm³/mol. The molecule has 1 aliphatic rings. The van der Waals surface area contributed by atoms with Gasteiger partial charge in [-0.3, -0.25) is 9.88 Å². The number of hydrogen-bond donors (Lipinski definition) is 0. The number of aryl methyl sites for hydroxylation is 3. The Morgan fingerprint density at radius 1 is 1.19 bits per heavy atom. The summed E-state index contributed by atoms with van der Waals surface area (Å²) in [7, 11) is 0. The van der Waals surface area contributed by atoms with Crippen LogP contribution in [0, 0.1) is 13.8 Å². The molecule has 0 radical (unpaired) electrons. The monoisotopic (exact) mass is 381 g/mol. The molecular formula is C22H27N3OS. The molecule has 3 aromatic rings. The normalized spacial score (nSPS) is 18.1. The van der Waals surface area contributed by atoms with E-state index in [0.29, 0.717) is 6.04 Å². The molecule has 0 amide bonds. The van der Waals surface area contributed by atoms with Crippen LogP contribution in [0.25, 0.3) is 10.8 Å². The average Bonchev–Trinajstić information content (AvgIpc) is 3.28. The van der Waals surface area contributed by atoms with Crippen molar-refractivity contribution in [1.82, 2.24) is 14.9 Å². The molecule has 5 heteroatoms. The zero-order chi connectivity index (χ0) is 18.6. The van der Waals surface area contributed by atoms with Gasteiger partial charge in [0.15, 0.2) is 0 Å². The van der Waals surface area contributed by atoms with E-state index in [9.17, 15) is 0 Å². The second-order valence-corrected chi connectivity index (χ2v) is 8.70. The molecule has 1 fully saturated rings. The van der Waals surface area contributed by atoms with Crippen LogP contribution in [-0.4, -0.2) is 27.5 Å². The lowest BCUT2D eigenvalue weighted by atomic mass is 9.96. The van der Waals surface area contributed by atoms with Gasteiger partial charge in [-0.05, 0) is 70.3 Å². The zero-order valence-electron chi connectivity index (χ0n) is 16.1. The smallest absolute Gasteiger partial charge is 0.236 e. The number of oxazole rings is 1. The predicted octanol–water partition coefficient (Wildman–Crippen LogP) is 5.40. The van der Waals surface area contributed by atoms with Gasteiger partial charge in [0.1, 0.15) is 5.76 Å². The molecule has 0 aromatic carbocycles. The molecule has 3 aromatic heterocycles. The molecule has 27 heavy (non-hydrogen) atoms. The standard InChI is InChI=1S/C22H27N3OS/c1-16-9-12-21(27-16)22-24-20(17(2)26-22)15-25-14-6-4-8-19(25)11-10-18-7-3-5-13-23-18/h3,5,7,9,12-13,19H,4,6,8,10-11,14-15H2,1-2H3/t19-/m0/s1. The van der Waals surface area contributed by atoms with Gasteiger partial charge in [0.05, 0.1) is 10.6 Å². The summed E-state index contributed by atoms with van der Waals surface area (Å²) in [5.41, 5.74) is 2.27. The molecule has 0 saturated carbocycles. The number of rotatable bonds is 6. The van der Waals surface area contributed by atoms with Crippen LogP contribution in [0.3, 0.4) is 0 Å². The summed E-state index contributed by atoms with van der Waals surface area (Å²) in [5, 5.41) is 0. The van der Waals surface area contributed by atoms with Gasteiger partial charge in [-0.2, -0.15) is 0 Å². The van der Waals surface area contributed by atoms with Crippen molar-refractivity contribution in [2.45, 2.75) is 58.5 Å². The fourth-order valence-electron chi connectivity index (χ4n) is 3.88. The van der Waals surface area contributed by atoms with Crippen LogP contribution in [0.4, 0.5) is 0 Å². The van der Waals surface area contributed by atoms with E-state index < -0.39 is 0 Å². The molecule has 1 atom stereocenters. The Morgan fingerprint density at radius 2 is 2.11 bits per heavy atom. The van der Waals surface area contributed by atoms with Gasteiger partial charge in [-0.25, -0.2) is 4.98 Å². The van der Waals surface area contributed by atoms with Crippen molar-refractivity contribution in [2.24, 2.45) is 0 Å². The molecule has 1 aliphatic heterocycles. The first kappa shape index (κ1) is 18.4. The Morgan fingerprint density at radius 3 is 2.89 bits per heavy atom. The third-order valence-corrected chi connectivity index (χ3v) is 6.39. The van der Waals surface area contributed by atoms with E-state index in [2.05, 4.69) is 41.1 Å². The van der Waals surface area contributed by atoms with Gasteiger partial charge in [0.25, 0.3) is 0 Å². The number of piperidine rings is 1. The highest BCUT2D eigenvalue weighted by atomic mass is 32.1. The fourth-order valence-corrected chi connectivity index (χ4v) is 4.67.